The summed E-state index contributed by atoms with van der Waals surface area (Å²) in [5.41, 5.74) is 4.97. The lowest BCUT2D eigenvalue weighted by Gasteiger charge is -2.43. The van der Waals surface area contributed by atoms with Gasteiger partial charge in [0, 0.05) is 18.7 Å². The van der Waals surface area contributed by atoms with E-state index >= 15 is 0 Å². The molecule has 8 nitrogen and oxygen atoms in total. The largest absolute Gasteiger partial charge is 0.492 e. The Kier molecular flexibility index (Phi) is 10.1. The molecule has 2 aromatic heterocycles. The number of ether oxygens (including phenoxy) is 1. The van der Waals surface area contributed by atoms with Crippen molar-refractivity contribution in [2.75, 3.05) is 13.2 Å². The molecule has 4 rings (SSSR count). The van der Waals surface area contributed by atoms with Crippen LogP contribution in [0.15, 0.2) is 41.7 Å². The molecule has 2 atom stereocenters. The van der Waals surface area contributed by atoms with Crippen molar-refractivity contribution >= 4 is 33.4 Å². The molecule has 3 N–H and O–H groups in total. The number of nitrogens with two attached hydrogens (primary N) is 1. The van der Waals surface area contributed by atoms with Gasteiger partial charge in [-0.3, -0.25) is 14.6 Å². The lowest BCUT2D eigenvalue weighted by Crippen LogP contribution is -2.47. The summed E-state index contributed by atoms with van der Waals surface area (Å²) in [7, 11) is 0. The lowest BCUT2D eigenvalue weighted by atomic mass is 9.62. The number of aromatic nitrogens is 2. The molecule has 1 unspecified atom stereocenters. The number of hydrogen-bond acceptors (Lipinski definition) is 6. The smallest absolute Gasteiger partial charge is 0.416 e. The second-order valence-electron chi connectivity index (χ2n) is 11.1. The minimum absolute atomic E-state index is 0.0823. The molecule has 1 saturated carbocycles. The Labute approximate surface area is 246 Å². The number of carboxylic acids is 1. The highest BCUT2D eigenvalue weighted by atomic mass is 32.1. The highest BCUT2D eigenvalue weighted by Gasteiger charge is 2.46. The predicted octanol–water partition coefficient (Wildman–Crippen LogP) is 6.28. The maximum atomic E-state index is 13.7. The fourth-order valence-electron chi connectivity index (χ4n) is 6.01. The van der Waals surface area contributed by atoms with Gasteiger partial charge in [0.1, 0.15) is 5.75 Å². The molecular formula is C30H37F3N4O4S. The second kappa shape index (κ2) is 13.4. The summed E-state index contributed by atoms with van der Waals surface area (Å²) in [5, 5.41) is 10.2. The van der Waals surface area contributed by atoms with Crippen LogP contribution in [0.3, 0.4) is 0 Å². The normalized spacial score (nSPS) is 17.2. The molecule has 0 aliphatic heterocycles. The van der Waals surface area contributed by atoms with Crippen LogP contribution < -0.4 is 15.3 Å². The molecule has 1 fully saturated rings. The molecule has 2 heterocycles. The van der Waals surface area contributed by atoms with Gasteiger partial charge in [-0.2, -0.15) is 18.2 Å². The number of nitrogens with zero attached hydrogens (tertiary/aromatic N) is 3. The lowest BCUT2D eigenvalue weighted by molar-refractivity contribution is -0.151. The molecule has 0 spiro atoms. The number of aliphatic carboxylic acids is 1. The Balaban J connectivity index is 1.69. The van der Waals surface area contributed by atoms with Crippen molar-refractivity contribution in [1.29, 1.82) is 0 Å². The van der Waals surface area contributed by atoms with Gasteiger partial charge in [-0.15, -0.1) is 0 Å². The first-order valence-corrected chi connectivity index (χ1v) is 15.1. The molecular weight excluding hydrogens is 569 g/mol. The van der Waals surface area contributed by atoms with E-state index in [1.807, 2.05) is 11.5 Å². The Morgan fingerprint density at radius 1 is 1.24 bits per heavy atom. The average Bonchev–Trinajstić information content (AvgIpc) is 3.31. The summed E-state index contributed by atoms with van der Waals surface area (Å²) in [6.07, 6.45) is 4.50. The number of alkyl halides is 3. The van der Waals surface area contributed by atoms with Gasteiger partial charge in [-0.1, -0.05) is 50.9 Å². The van der Waals surface area contributed by atoms with Gasteiger partial charge < -0.3 is 20.1 Å². The van der Waals surface area contributed by atoms with Crippen molar-refractivity contribution in [3.8, 4) is 5.75 Å². The maximum absolute atomic E-state index is 13.7. The number of rotatable bonds is 11. The Bertz CT molecular complexity index is 1480. The summed E-state index contributed by atoms with van der Waals surface area (Å²) >= 11 is 1.25. The molecule has 0 radical (unpaired) electrons. The van der Waals surface area contributed by atoms with Crippen molar-refractivity contribution in [1.82, 2.24) is 9.55 Å². The summed E-state index contributed by atoms with van der Waals surface area (Å²) in [4.78, 5) is 34.7. The number of benzene rings is 1. The van der Waals surface area contributed by atoms with Crippen LogP contribution in [0.25, 0.3) is 10.2 Å². The third-order valence-electron chi connectivity index (χ3n) is 8.21. The van der Waals surface area contributed by atoms with E-state index < -0.39 is 40.9 Å². The molecule has 42 heavy (non-hydrogen) atoms. The Morgan fingerprint density at radius 3 is 2.62 bits per heavy atom. The van der Waals surface area contributed by atoms with E-state index in [0.717, 1.165) is 60.5 Å². The van der Waals surface area contributed by atoms with Crippen LogP contribution >= 0.6 is 11.3 Å². The van der Waals surface area contributed by atoms with Crippen molar-refractivity contribution in [2.45, 2.75) is 71.5 Å². The third kappa shape index (κ3) is 6.86. The minimum Gasteiger partial charge on any atom is -0.492 e. The van der Waals surface area contributed by atoms with E-state index in [1.165, 1.54) is 11.3 Å². The first-order chi connectivity index (χ1) is 20.0. The fourth-order valence-corrected chi connectivity index (χ4v) is 7.03. The number of amides is 1. The zero-order chi connectivity index (χ0) is 30.5. The standard InChI is InChI=1S/C30H37F3N4O4S/c1-3-4-14-37-22-16-35-13-10-24(22)42-28(37)36-26(38)21-15-20(30(31,32)33)8-9-23(21)41-17-19(2)25(27(39)40)29(18-34)11-6-5-7-12-29/h8-10,13,15-16,19,25H,3-7,11-12,14,17-18,34H2,1-2H3,(H,39,40)/t19?,25-/m1/s1. The Hall–Kier alpha value is -3.25. The number of unbranched alkanes of at least 4 members (excludes halogenated alkanes) is 1. The van der Waals surface area contributed by atoms with Crippen LogP contribution in [0.1, 0.15) is 74.7 Å². The van der Waals surface area contributed by atoms with E-state index in [2.05, 4.69) is 9.98 Å². The number of pyridine rings is 1. The molecule has 3 aromatic rings. The van der Waals surface area contributed by atoms with Crippen LogP contribution in [0.4, 0.5) is 13.2 Å². The van der Waals surface area contributed by atoms with Gasteiger partial charge >= 0.3 is 12.1 Å². The average molecular weight is 607 g/mol. The number of hydrogen-bond donors (Lipinski definition) is 2. The maximum Gasteiger partial charge on any atom is 0.416 e. The number of carbonyl (C=O) groups is 2. The van der Waals surface area contributed by atoms with Gasteiger partial charge in [0.25, 0.3) is 5.91 Å². The van der Waals surface area contributed by atoms with Crippen LogP contribution in [-0.4, -0.2) is 39.7 Å². The summed E-state index contributed by atoms with van der Waals surface area (Å²) < 4.78 is 49.6. The zero-order valence-corrected chi connectivity index (χ0v) is 24.6. The predicted molar refractivity (Wildman–Crippen MR) is 154 cm³/mol. The van der Waals surface area contributed by atoms with E-state index in [-0.39, 0.29) is 24.5 Å². The summed E-state index contributed by atoms with van der Waals surface area (Å²) in [6, 6.07) is 4.49. The third-order valence-corrected chi connectivity index (χ3v) is 9.27. The number of carbonyl (C=O) groups excluding carboxylic acids is 1. The summed E-state index contributed by atoms with van der Waals surface area (Å²) in [5.74, 6) is -3.26. The number of thiazole rings is 1. The number of carboxylic acid groups (broad SMARTS) is 1. The van der Waals surface area contributed by atoms with E-state index in [4.69, 9.17) is 10.5 Å². The van der Waals surface area contributed by atoms with Gasteiger partial charge in [0.2, 0.25) is 0 Å². The number of aryl methyl sites for hydroxylation is 1. The molecule has 228 valence electrons. The molecule has 0 saturated heterocycles. The van der Waals surface area contributed by atoms with Gasteiger partial charge in [-0.25, -0.2) is 0 Å². The van der Waals surface area contributed by atoms with E-state index in [1.54, 1.807) is 25.4 Å². The summed E-state index contributed by atoms with van der Waals surface area (Å²) in [6.45, 7) is 4.44. The van der Waals surface area contributed by atoms with Gasteiger partial charge in [0.15, 0.2) is 4.80 Å². The molecule has 0 bridgehead atoms. The number of halogens is 3. The van der Waals surface area contributed by atoms with E-state index in [9.17, 15) is 27.9 Å². The molecule has 12 heteroatoms. The quantitative estimate of drug-likeness (QED) is 0.265. The molecule has 1 aromatic carbocycles. The SMILES string of the molecule is CCCCn1c(=NC(=O)c2cc(C(F)(F)F)ccc2OCC(C)[C@H](C(=O)O)C2(CN)CCCCC2)sc2ccncc21. The van der Waals surface area contributed by atoms with Crippen LogP contribution in [0, 0.1) is 17.3 Å². The number of fused-ring (bicyclic) bond motifs is 1. The fraction of sp³-hybridized carbons (Fsp3) is 0.533. The van der Waals surface area contributed by atoms with Crippen LogP contribution in [0.2, 0.25) is 0 Å². The van der Waals surface area contributed by atoms with E-state index in [0.29, 0.717) is 24.2 Å². The highest BCUT2D eigenvalue weighted by molar-refractivity contribution is 7.16. The molecule has 1 aliphatic carbocycles. The van der Waals surface area contributed by atoms with Gasteiger partial charge in [-0.05, 0) is 55.5 Å². The van der Waals surface area contributed by atoms with Crippen molar-refractivity contribution in [3.63, 3.8) is 0 Å². The molecule has 1 aliphatic rings. The first-order valence-electron chi connectivity index (χ1n) is 14.3. The van der Waals surface area contributed by atoms with Crippen LogP contribution in [-0.2, 0) is 17.5 Å². The van der Waals surface area contributed by atoms with Crippen molar-refractivity contribution < 1.29 is 32.6 Å². The van der Waals surface area contributed by atoms with Gasteiger partial charge in [0.05, 0.1) is 40.1 Å². The van der Waals surface area contributed by atoms with Crippen molar-refractivity contribution in [3.05, 3.63) is 52.6 Å². The first kappa shape index (κ1) is 31.7. The topological polar surface area (TPSA) is 120 Å². The minimum atomic E-state index is -4.69. The Morgan fingerprint density at radius 2 is 1.98 bits per heavy atom. The molecule has 1 amide bonds. The second-order valence-corrected chi connectivity index (χ2v) is 12.1. The highest BCUT2D eigenvalue weighted by Crippen LogP contribution is 2.45. The zero-order valence-electron chi connectivity index (χ0n) is 23.8. The van der Waals surface area contributed by atoms with Crippen LogP contribution in [0.5, 0.6) is 5.75 Å². The monoisotopic (exact) mass is 606 g/mol. The van der Waals surface area contributed by atoms with Crippen molar-refractivity contribution in [2.24, 2.45) is 28.0 Å².